The number of rotatable bonds is 36. The molecule has 8 nitrogen and oxygen atoms in total. The first-order valence-corrected chi connectivity index (χ1v) is 21.6. The number of quaternary nitrogens is 1. The number of hydrogen-bond donors (Lipinski definition) is 1. The van der Waals surface area contributed by atoms with Crippen LogP contribution in [0.15, 0.2) is 60.9 Å². The van der Waals surface area contributed by atoms with Gasteiger partial charge in [0.2, 0.25) is 0 Å². The van der Waals surface area contributed by atoms with Crippen LogP contribution in [0, 0.1) is 0 Å². The lowest BCUT2D eigenvalue weighted by Gasteiger charge is -2.24. The van der Waals surface area contributed by atoms with Gasteiger partial charge < -0.3 is 18.9 Å². The summed E-state index contributed by atoms with van der Waals surface area (Å²) in [5.41, 5.74) is 0. The van der Waals surface area contributed by atoms with Gasteiger partial charge in [0.05, 0.1) is 34.0 Å². The fourth-order valence-corrected chi connectivity index (χ4v) is 5.78. The molecule has 0 aliphatic heterocycles. The maximum Gasteiger partial charge on any atom is 0.472 e. The van der Waals surface area contributed by atoms with Gasteiger partial charge in [-0.25, -0.2) is 4.57 Å². The van der Waals surface area contributed by atoms with Crippen LogP contribution in [0.25, 0.3) is 0 Å². The zero-order chi connectivity index (χ0) is 37.7. The minimum Gasteiger partial charge on any atom is -0.498 e. The van der Waals surface area contributed by atoms with Gasteiger partial charge in [-0.2, -0.15) is 0 Å². The minimum atomic E-state index is -4.30. The summed E-state index contributed by atoms with van der Waals surface area (Å²) in [4.78, 5) is 22.8. The van der Waals surface area contributed by atoms with Gasteiger partial charge in [-0.15, -0.1) is 0 Å². The molecule has 0 aliphatic carbocycles. The summed E-state index contributed by atoms with van der Waals surface area (Å²) in [6, 6.07) is 0. The fraction of sp³-hybridized carbons (Fsp3) is 0.738. The second-order valence-corrected chi connectivity index (χ2v) is 15.8. The highest BCUT2D eigenvalue weighted by atomic mass is 31.2. The van der Waals surface area contributed by atoms with Crippen LogP contribution >= 0.6 is 7.82 Å². The summed E-state index contributed by atoms with van der Waals surface area (Å²) in [7, 11) is 1.60. The van der Waals surface area contributed by atoms with Gasteiger partial charge >= 0.3 is 13.8 Å². The normalized spacial score (nSPS) is 14.5. The molecule has 0 bridgehead atoms. The molecule has 0 aromatic carbocycles. The van der Waals surface area contributed by atoms with Crippen molar-refractivity contribution < 1.29 is 37.3 Å². The topological polar surface area (TPSA) is 91.3 Å². The van der Waals surface area contributed by atoms with Gasteiger partial charge in [0, 0.05) is 6.42 Å². The molecule has 0 aromatic rings. The van der Waals surface area contributed by atoms with E-state index in [1.807, 2.05) is 27.2 Å². The van der Waals surface area contributed by atoms with Crippen molar-refractivity contribution in [2.75, 3.05) is 47.5 Å². The fourth-order valence-electron chi connectivity index (χ4n) is 5.04. The number of phosphoric ester groups is 1. The molecule has 51 heavy (non-hydrogen) atoms. The molecular weight excluding hydrogens is 661 g/mol. The van der Waals surface area contributed by atoms with Crippen LogP contribution in [0.4, 0.5) is 0 Å². The molecule has 0 aromatic heterocycles. The highest BCUT2D eigenvalue weighted by Crippen LogP contribution is 2.43. The molecular formula is C42H77NO7P+. The summed E-state index contributed by atoms with van der Waals surface area (Å²) in [6.07, 6.45) is 43.5. The predicted octanol–water partition coefficient (Wildman–Crippen LogP) is 11.7. The van der Waals surface area contributed by atoms with E-state index in [0.717, 1.165) is 51.4 Å². The molecule has 0 heterocycles. The van der Waals surface area contributed by atoms with Crippen LogP contribution < -0.4 is 0 Å². The quantitative estimate of drug-likeness (QED) is 0.0171. The van der Waals surface area contributed by atoms with Gasteiger partial charge in [-0.3, -0.25) is 13.8 Å². The van der Waals surface area contributed by atoms with Crippen LogP contribution in [0.5, 0.6) is 0 Å². The van der Waals surface area contributed by atoms with Gasteiger partial charge in [0.1, 0.15) is 19.8 Å². The molecule has 0 rings (SSSR count). The summed E-state index contributed by atoms with van der Waals surface area (Å²) in [5, 5.41) is 0. The summed E-state index contributed by atoms with van der Waals surface area (Å²) < 4.78 is 34.6. The zero-order valence-electron chi connectivity index (χ0n) is 33.3. The van der Waals surface area contributed by atoms with E-state index in [1.54, 1.807) is 6.26 Å². The SMILES string of the molecule is CC/C=C/C/C=C/C/C=C/C/C=C/CCCCC(=O)O[C@H](CO/C=C/CCCCCCCCCCCCCC)COP(=O)(O)OCC[N+](C)(C)C. The predicted molar refractivity (Wildman–Crippen MR) is 214 cm³/mol. The molecule has 296 valence electrons. The molecule has 1 unspecified atom stereocenters. The Morgan fingerprint density at radius 1 is 0.647 bits per heavy atom. The van der Waals surface area contributed by atoms with Crippen molar-refractivity contribution in [3.63, 3.8) is 0 Å². The van der Waals surface area contributed by atoms with Gasteiger partial charge in [-0.1, -0.05) is 133 Å². The Kier molecular flexibility index (Phi) is 33.7. The highest BCUT2D eigenvalue weighted by Gasteiger charge is 2.26. The maximum atomic E-state index is 12.6. The maximum absolute atomic E-state index is 12.6. The summed E-state index contributed by atoms with van der Waals surface area (Å²) >= 11 is 0. The number of nitrogens with zero attached hydrogens (tertiary/aromatic N) is 1. The first kappa shape index (κ1) is 49.0. The summed E-state index contributed by atoms with van der Waals surface area (Å²) in [5.74, 6) is -0.378. The third-order valence-electron chi connectivity index (χ3n) is 8.16. The Balaban J connectivity index is 4.43. The molecule has 0 radical (unpaired) electrons. The third-order valence-corrected chi connectivity index (χ3v) is 9.14. The van der Waals surface area contributed by atoms with Gasteiger partial charge in [0.25, 0.3) is 0 Å². The van der Waals surface area contributed by atoms with Crippen molar-refractivity contribution in [1.82, 2.24) is 0 Å². The van der Waals surface area contributed by atoms with E-state index in [4.69, 9.17) is 18.5 Å². The standard InChI is InChI=1S/C42H76NO7P/c1-6-8-10-12-14-16-18-20-22-23-25-27-29-31-33-35-42(44)50-41(40-49-51(45,46)48-38-36-43(3,4)5)39-47-37-34-32-30-28-26-24-21-19-17-15-13-11-9-7-2/h8,10,14,16,20,22,25,27,34,37,41H,6-7,9,11-13,15,17-19,21,23-24,26,28-33,35-36,38-40H2,1-5H3/p+1/b10-8+,16-14+,22-20+,27-25+,37-34+/t41-/m1/s1. The third kappa shape index (κ3) is 39.1. The lowest BCUT2D eigenvalue weighted by Crippen LogP contribution is -2.37. The van der Waals surface area contributed by atoms with E-state index < -0.39 is 13.9 Å². The van der Waals surface area contributed by atoms with E-state index in [1.165, 1.54) is 70.6 Å². The average molecular weight is 739 g/mol. The van der Waals surface area contributed by atoms with E-state index in [2.05, 4.69) is 62.5 Å². The molecule has 0 spiro atoms. The monoisotopic (exact) mass is 739 g/mol. The second kappa shape index (κ2) is 35.1. The minimum absolute atomic E-state index is 0.0293. The van der Waals surface area contributed by atoms with Crippen molar-refractivity contribution in [3.05, 3.63) is 60.9 Å². The first-order valence-electron chi connectivity index (χ1n) is 20.1. The smallest absolute Gasteiger partial charge is 0.472 e. The van der Waals surface area contributed by atoms with Crippen LogP contribution in [-0.2, 0) is 27.9 Å². The zero-order valence-corrected chi connectivity index (χ0v) is 34.2. The van der Waals surface area contributed by atoms with Crippen molar-refractivity contribution in [3.8, 4) is 0 Å². The second-order valence-electron chi connectivity index (χ2n) is 14.4. The highest BCUT2D eigenvalue weighted by molar-refractivity contribution is 7.47. The largest absolute Gasteiger partial charge is 0.498 e. The number of esters is 1. The molecule has 0 amide bonds. The molecule has 0 saturated carbocycles. The van der Waals surface area contributed by atoms with Crippen LogP contribution in [-0.4, -0.2) is 69.0 Å². The van der Waals surface area contributed by atoms with Crippen LogP contribution in [0.2, 0.25) is 0 Å². The van der Waals surface area contributed by atoms with E-state index in [-0.39, 0.29) is 32.2 Å². The van der Waals surface area contributed by atoms with Gasteiger partial charge in [0.15, 0.2) is 6.10 Å². The van der Waals surface area contributed by atoms with E-state index >= 15 is 0 Å². The number of carbonyl (C=O) groups excluding carboxylic acids is 1. The molecule has 0 aliphatic rings. The number of phosphoric acid groups is 1. The molecule has 0 fully saturated rings. The summed E-state index contributed by atoms with van der Waals surface area (Å²) in [6.45, 7) is 4.75. The Bertz CT molecular complexity index is 1000. The number of hydrogen-bond acceptors (Lipinski definition) is 6. The van der Waals surface area contributed by atoms with Crippen molar-refractivity contribution >= 4 is 13.8 Å². The molecule has 1 N–H and O–H groups in total. The molecule has 0 saturated heterocycles. The van der Waals surface area contributed by atoms with E-state index in [0.29, 0.717) is 17.4 Å². The number of ether oxygens (including phenoxy) is 2. The van der Waals surface area contributed by atoms with Gasteiger partial charge in [-0.05, 0) is 63.9 Å². The Morgan fingerprint density at radius 3 is 1.73 bits per heavy atom. The Labute approximate surface area is 313 Å². The number of carbonyl (C=O) groups is 1. The number of unbranched alkanes of at least 4 members (excludes halogenated alkanes) is 14. The van der Waals surface area contributed by atoms with Crippen LogP contribution in [0.3, 0.4) is 0 Å². The van der Waals surface area contributed by atoms with Crippen molar-refractivity contribution in [1.29, 1.82) is 0 Å². The van der Waals surface area contributed by atoms with Crippen molar-refractivity contribution in [2.24, 2.45) is 0 Å². The lowest BCUT2D eigenvalue weighted by molar-refractivity contribution is -0.870. The van der Waals surface area contributed by atoms with Crippen LogP contribution in [0.1, 0.15) is 149 Å². The number of likely N-dealkylation sites (N-methyl/N-ethyl adjacent to an activating group) is 1. The van der Waals surface area contributed by atoms with E-state index in [9.17, 15) is 14.3 Å². The van der Waals surface area contributed by atoms with Crippen molar-refractivity contribution in [2.45, 2.75) is 155 Å². The number of allylic oxidation sites excluding steroid dienone is 9. The molecule has 9 heteroatoms. The Morgan fingerprint density at radius 2 is 1.16 bits per heavy atom. The molecule has 2 atom stereocenters. The Hall–Kier alpha value is -1.96. The lowest BCUT2D eigenvalue weighted by atomic mass is 10.0. The average Bonchev–Trinajstić information content (AvgIpc) is 3.08. The first-order chi connectivity index (χ1) is 24.6.